The lowest BCUT2D eigenvalue weighted by atomic mass is 9.95. The van der Waals surface area contributed by atoms with Crippen LogP contribution in [0.4, 0.5) is 0 Å². The predicted octanol–water partition coefficient (Wildman–Crippen LogP) is 3.39. The van der Waals surface area contributed by atoms with Crippen molar-refractivity contribution in [1.82, 2.24) is 24.8 Å². The van der Waals surface area contributed by atoms with Gasteiger partial charge in [-0.05, 0) is 31.4 Å². The number of amides is 1. The number of piperidine rings is 1. The molecule has 0 aliphatic carbocycles. The van der Waals surface area contributed by atoms with Gasteiger partial charge in [-0.15, -0.1) is 0 Å². The summed E-state index contributed by atoms with van der Waals surface area (Å²) in [5, 5.41) is 0. The van der Waals surface area contributed by atoms with Gasteiger partial charge in [0.2, 0.25) is 5.88 Å². The minimum absolute atomic E-state index is 0.0990. The molecule has 142 valence electrons. The lowest BCUT2D eigenvalue weighted by Crippen LogP contribution is -2.39. The van der Waals surface area contributed by atoms with Gasteiger partial charge in [-0.25, -0.2) is 9.97 Å². The fourth-order valence-corrected chi connectivity index (χ4v) is 3.37. The third-order valence-corrected chi connectivity index (χ3v) is 4.85. The molecular weight excluding hydrogens is 354 g/mol. The summed E-state index contributed by atoms with van der Waals surface area (Å²) >= 11 is 0. The standard InChI is InChI=1S/C21H21N5O2/c1-15-5-2-3-7-19(15)28-20-13-23-11-17(25-20)16-6-4-10-26(14-16)21(27)18-12-22-8-9-24-18/h2-3,5,7-9,11-13,16H,4,6,10,14H2,1H3/t16-/m0/s1. The molecule has 0 bridgehead atoms. The Kier molecular flexibility index (Phi) is 5.23. The molecule has 3 aromatic rings. The lowest BCUT2D eigenvalue weighted by molar-refractivity contribution is 0.0699. The molecule has 1 saturated heterocycles. The average Bonchev–Trinajstić information content (AvgIpc) is 2.76. The minimum Gasteiger partial charge on any atom is -0.437 e. The van der Waals surface area contributed by atoms with Gasteiger partial charge in [0.25, 0.3) is 5.91 Å². The molecule has 1 amide bonds. The number of aromatic nitrogens is 4. The van der Waals surface area contributed by atoms with Crippen molar-refractivity contribution >= 4 is 5.91 Å². The quantitative estimate of drug-likeness (QED) is 0.695. The number of carbonyl (C=O) groups excluding carboxylic acids is 1. The summed E-state index contributed by atoms with van der Waals surface area (Å²) in [5.41, 5.74) is 2.24. The largest absolute Gasteiger partial charge is 0.437 e. The zero-order valence-electron chi connectivity index (χ0n) is 15.7. The van der Waals surface area contributed by atoms with E-state index in [2.05, 4.69) is 19.9 Å². The Hall–Kier alpha value is -3.35. The van der Waals surface area contributed by atoms with Crippen LogP contribution in [0, 0.1) is 6.92 Å². The predicted molar refractivity (Wildman–Crippen MR) is 103 cm³/mol. The zero-order valence-corrected chi connectivity index (χ0v) is 15.7. The third-order valence-electron chi connectivity index (χ3n) is 4.85. The molecule has 1 aliphatic heterocycles. The van der Waals surface area contributed by atoms with Crippen LogP contribution in [0.1, 0.15) is 40.5 Å². The smallest absolute Gasteiger partial charge is 0.274 e. The van der Waals surface area contributed by atoms with Gasteiger partial charge in [-0.3, -0.25) is 14.8 Å². The van der Waals surface area contributed by atoms with Crippen LogP contribution in [0.5, 0.6) is 11.6 Å². The molecular formula is C21H21N5O2. The van der Waals surface area contributed by atoms with E-state index >= 15 is 0 Å². The molecule has 0 spiro atoms. The maximum atomic E-state index is 12.7. The summed E-state index contributed by atoms with van der Waals surface area (Å²) in [6.07, 6.45) is 9.82. The summed E-state index contributed by atoms with van der Waals surface area (Å²) in [4.78, 5) is 31.6. The Balaban J connectivity index is 1.49. The van der Waals surface area contributed by atoms with Crippen molar-refractivity contribution in [1.29, 1.82) is 0 Å². The van der Waals surface area contributed by atoms with Crippen molar-refractivity contribution in [3.8, 4) is 11.6 Å². The molecule has 28 heavy (non-hydrogen) atoms. The number of hydrogen-bond acceptors (Lipinski definition) is 6. The van der Waals surface area contributed by atoms with Gasteiger partial charge in [-0.1, -0.05) is 18.2 Å². The number of nitrogens with zero attached hydrogens (tertiary/aromatic N) is 5. The van der Waals surface area contributed by atoms with E-state index in [0.717, 1.165) is 29.8 Å². The van der Waals surface area contributed by atoms with Gasteiger partial charge in [0, 0.05) is 37.6 Å². The van der Waals surface area contributed by atoms with Crippen LogP contribution >= 0.6 is 0 Å². The molecule has 1 aliphatic rings. The van der Waals surface area contributed by atoms with E-state index in [4.69, 9.17) is 4.74 Å². The van der Waals surface area contributed by atoms with Crippen molar-refractivity contribution < 1.29 is 9.53 Å². The fraction of sp³-hybridized carbons (Fsp3) is 0.286. The van der Waals surface area contributed by atoms with Gasteiger partial charge in [0.05, 0.1) is 18.1 Å². The van der Waals surface area contributed by atoms with Crippen molar-refractivity contribution in [3.05, 3.63) is 72.2 Å². The Morgan fingerprint density at radius 2 is 2.04 bits per heavy atom. The molecule has 0 unspecified atom stereocenters. The first-order valence-corrected chi connectivity index (χ1v) is 9.31. The summed E-state index contributed by atoms with van der Waals surface area (Å²) in [6, 6.07) is 7.79. The molecule has 1 aromatic carbocycles. The second-order valence-corrected chi connectivity index (χ2v) is 6.83. The Morgan fingerprint density at radius 3 is 2.86 bits per heavy atom. The first-order valence-electron chi connectivity index (χ1n) is 9.31. The van der Waals surface area contributed by atoms with Gasteiger partial charge in [0.15, 0.2) is 0 Å². The highest BCUT2D eigenvalue weighted by Crippen LogP contribution is 2.28. The van der Waals surface area contributed by atoms with Crippen molar-refractivity contribution in [2.75, 3.05) is 13.1 Å². The Bertz CT molecular complexity index is 964. The van der Waals surface area contributed by atoms with E-state index in [9.17, 15) is 4.79 Å². The van der Waals surface area contributed by atoms with Crippen LogP contribution in [0.3, 0.4) is 0 Å². The monoisotopic (exact) mass is 375 g/mol. The van der Waals surface area contributed by atoms with Gasteiger partial charge < -0.3 is 9.64 Å². The second kappa shape index (κ2) is 8.12. The molecule has 0 N–H and O–H groups in total. The van der Waals surface area contributed by atoms with Crippen LogP contribution in [0.2, 0.25) is 0 Å². The average molecular weight is 375 g/mol. The highest BCUT2D eigenvalue weighted by atomic mass is 16.5. The summed E-state index contributed by atoms with van der Waals surface area (Å²) in [7, 11) is 0. The van der Waals surface area contributed by atoms with Gasteiger partial charge in [0.1, 0.15) is 11.4 Å². The Labute approximate surface area is 163 Å². The molecule has 1 fully saturated rings. The van der Waals surface area contributed by atoms with Crippen LogP contribution in [-0.2, 0) is 0 Å². The van der Waals surface area contributed by atoms with E-state index in [-0.39, 0.29) is 11.8 Å². The van der Waals surface area contributed by atoms with Crippen LogP contribution in [-0.4, -0.2) is 43.8 Å². The lowest BCUT2D eigenvalue weighted by Gasteiger charge is -2.32. The first kappa shape index (κ1) is 18.0. The van der Waals surface area contributed by atoms with E-state index in [0.29, 0.717) is 24.7 Å². The summed E-state index contributed by atoms with van der Waals surface area (Å²) < 4.78 is 5.91. The number of carbonyl (C=O) groups is 1. The first-order chi connectivity index (χ1) is 13.7. The summed E-state index contributed by atoms with van der Waals surface area (Å²) in [6.45, 7) is 3.28. The minimum atomic E-state index is -0.0990. The maximum Gasteiger partial charge on any atom is 0.274 e. The maximum absolute atomic E-state index is 12.7. The van der Waals surface area contributed by atoms with E-state index < -0.39 is 0 Å². The molecule has 1 atom stereocenters. The number of para-hydroxylation sites is 1. The normalized spacial score (nSPS) is 16.6. The number of aryl methyl sites for hydroxylation is 1. The topological polar surface area (TPSA) is 81.1 Å². The SMILES string of the molecule is Cc1ccccc1Oc1cncc([C@H]2CCCN(C(=O)c3cnccn3)C2)n1. The molecule has 7 heteroatoms. The highest BCUT2D eigenvalue weighted by molar-refractivity contribution is 5.92. The number of rotatable bonds is 4. The van der Waals surface area contributed by atoms with Crippen molar-refractivity contribution in [2.24, 2.45) is 0 Å². The van der Waals surface area contributed by atoms with Crippen LogP contribution < -0.4 is 4.74 Å². The van der Waals surface area contributed by atoms with E-state index in [1.54, 1.807) is 18.6 Å². The molecule has 0 radical (unpaired) electrons. The molecule has 3 heterocycles. The fourth-order valence-electron chi connectivity index (χ4n) is 3.37. The number of ether oxygens (including phenoxy) is 1. The molecule has 4 rings (SSSR count). The summed E-state index contributed by atoms with van der Waals surface area (Å²) in [5.74, 6) is 1.24. The zero-order chi connectivity index (χ0) is 19.3. The highest BCUT2D eigenvalue weighted by Gasteiger charge is 2.27. The molecule has 7 nitrogen and oxygen atoms in total. The Morgan fingerprint density at radius 1 is 1.14 bits per heavy atom. The molecule has 0 saturated carbocycles. The number of hydrogen-bond donors (Lipinski definition) is 0. The van der Waals surface area contributed by atoms with Crippen LogP contribution in [0.15, 0.2) is 55.2 Å². The van der Waals surface area contributed by atoms with E-state index in [1.165, 1.54) is 12.4 Å². The van der Waals surface area contributed by atoms with Gasteiger partial charge in [-0.2, -0.15) is 0 Å². The van der Waals surface area contributed by atoms with Gasteiger partial charge >= 0.3 is 0 Å². The van der Waals surface area contributed by atoms with Crippen molar-refractivity contribution in [3.63, 3.8) is 0 Å². The van der Waals surface area contributed by atoms with Crippen molar-refractivity contribution in [2.45, 2.75) is 25.7 Å². The molecule has 2 aromatic heterocycles. The third kappa shape index (κ3) is 3.98. The number of benzene rings is 1. The van der Waals surface area contributed by atoms with Crippen LogP contribution in [0.25, 0.3) is 0 Å². The van der Waals surface area contributed by atoms with E-state index in [1.807, 2.05) is 36.1 Å². The number of likely N-dealkylation sites (tertiary alicyclic amines) is 1. The second-order valence-electron chi connectivity index (χ2n) is 6.83.